The van der Waals surface area contributed by atoms with Gasteiger partial charge in [-0.15, -0.1) is 0 Å². The molecule has 1 aromatic heterocycles. The molecule has 0 saturated carbocycles. The average molecular weight is 404 g/mol. The second-order valence-electron chi connectivity index (χ2n) is 6.95. The molecule has 5 heteroatoms. The van der Waals surface area contributed by atoms with Gasteiger partial charge in [-0.3, -0.25) is 0 Å². The van der Waals surface area contributed by atoms with E-state index >= 15 is 0 Å². The van der Waals surface area contributed by atoms with E-state index < -0.39 is 0 Å². The second kappa shape index (κ2) is 8.03. The zero-order valence-electron chi connectivity index (χ0n) is 17.7. The standard InChI is InChI=1S/C25H24O5/c1-15-6-11-20-19(12-15)23(24(30-20)16-7-9-18(26-2)10-8-16)17-13-21(27-3)25(29-5)22(14-17)28-4/h6-14H,1-5H3. The van der Waals surface area contributed by atoms with Gasteiger partial charge in [0.15, 0.2) is 11.5 Å². The number of rotatable bonds is 6. The van der Waals surface area contributed by atoms with Gasteiger partial charge in [-0.2, -0.15) is 0 Å². The summed E-state index contributed by atoms with van der Waals surface area (Å²) in [7, 11) is 6.48. The molecule has 0 bridgehead atoms. The van der Waals surface area contributed by atoms with Crippen LogP contribution in [0.5, 0.6) is 23.0 Å². The molecule has 0 spiro atoms. The molecule has 0 saturated heterocycles. The molecule has 0 radical (unpaired) electrons. The van der Waals surface area contributed by atoms with Crippen molar-refractivity contribution in [1.82, 2.24) is 0 Å². The van der Waals surface area contributed by atoms with Crippen molar-refractivity contribution in [3.63, 3.8) is 0 Å². The Morgan fingerprint density at radius 2 is 1.33 bits per heavy atom. The minimum absolute atomic E-state index is 0.554. The number of methoxy groups -OCH3 is 4. The van der Waals surface area contributed by atoms with Gasteiger partial charge in [-0.1, -0.05) is 11.6 Å². The molecule has 0 unspecified atom stereocenters. The summed E-state index contributed by atoms with van der Waals surface area (Å²) in [6.45, 7) is 2.07. The molecular formula is C25H24O5. The largest absolute Gasteiger partial charge is 0.497 e. The number of fused-ring (bicyclic) bond motifs is 1. The minimum atomic E-state index is 0.554. The average Bonchev–Trinajstić information content (AvgIpc) is 3.16. The first-order chi connectivity index (χ1) is 14.6. The summed E-state index contributed by atoms with van der Waals surface area (Å²) in [5.74, 6) is 3.30. The Morgan fingerprint density at radius 3 is 1.90 bits per heavy atom. The fraction of sp³-hybridized carbons (Fsp3) is 0.200. The zero-order valence-corrected chi connectivity index (χ0v) is 17.7. The van der Waals surface area contributed by atoms with Gasteiger partial charge < -0.3 is 23.4 Å². The SMILES string of the molecule is COc1ccc(-c2oc3ccc(C)cc3c2-c2cc(OC)c(OC)c(OC)c2)cc1. The van der Waals surface area contributed by atoms with Gasteiger partial charge in [0, 0.05) is 16.5 Å². The van der Waals surface area contributed by atoms with Gasteiger partial charge in [0.2, 0.25) is 5.75 Å². The summed E-state index contributed by atoms with van der Waals surface area (Å²) < 4.78 is 28.3. The lowest BCUT2D eigenvalue weighted by atomic mass is 9.97. The molecule has 0 aliphatic heterocycles. The quantitative estimate of drug-likeness (QED) is 0.388. The minimum Gasteiger partial charge on any atom is -0.497 e. The van der Waals surface area contributed by atoms with Crippen molar-refractivity contribution >= 4 is 11.0 Å². The smallest absolute Gasteiger partial charge is 0.203 e. The fourth-order valence-electron chi connectivity index (χ4n) is 3.67. The zero-order chi connectivity index (χ0) is 21.3. The molecule has 154 valence electrons. The summed E-state index contributed by atoms with van der Waals surface area (Å²) in [5, 5.41) is 1.02. The van der Waals surface area contributed by atoms with Crippen LogP contribution in [-0.4, -0.2) is 28.4 Å². The van der Waals surface area contributed by atoms with Crippen LogP contribution >= 0.6 is 0 Å². The highest BCUT2D eigenvalue weighted by Gasteiger charge is 2.22. The third-order valence-electron chi connectivity index (χ3n) is 5.15. The van der Waals surface area contributed by atoms with Crippen molar-refractivity contribution in [3.8, 4) is 45.4 Å². The molecular weight excluding hydrogens is 380 g/mol. The van der Waals surface area contributed by atoms with Gasteiger partial charge in [0.05, 0.1) is 28.4 Å². The Bertz CT molecular complexity index is 1160. The van der Waals surface area contributed by atoms with Crippen LogP contribution in [0.3, 0.4) is 0 Å². The Labute approximate surface area is 175 Å². The maximum absolute atomic E-state index is 6.32. The second-order valence-corrected chi connectivity index (χ2v) is 6.95. The Balaban J connectivity index is 2.03. The summed E-state index contributed by atoms with van der Waals surface area (Å²) in [4.78, 5) is 0. The summed E-state index contributed by atoms with van der Waals surface area (Å²) in [6.07, 6.45) is 0. The molecule has 30 heavy (non-hydrogen) atoms. The molecule has 5 nitrogen and oxygen atoms in total. The van der Waals surface area contributed by atoms with Gasteiger partial charge in [-0.05, 0) is 61.0 Å². The van der Waals surface area contributed by atoms with Crippen molar-refractivity contribution < 1.29 is 23.4 Å². The number of hydrogen-bond acceptors (Lipinski definition) is 5. The normalized spacial score (nSPS) is 10.8. The van der Waals surface area contributed by atoms with E-state index in [9.17, 15) is 0 Å². The molecule has 0 N–H and O–H groups in total. The predicted octanol–water partition coefficient (Wildman–Crippen LogP) is 6.11. The van der Waals surface area contributed by atoms with Crippen LogP contribution in [-0.2, 0) is 0 Å². The van der Waals surface area contributed by atoms with Crippen molar-refractivity contribution in [1.29, 1.82) is 0 Å². The maximum atomic E-state index is 6.32. The van der Waals surface area contributed by atoms with E-state index in [0.717, 1.165) is 44.7 Å². The predicted molar refractivity (Wildman–Crippen MR) is 118 cm³/mol. The van der Waals surface area contributed by atoms with Crippen molar-refractivity contribution in [2.45, 2.75) is 6.92 Å². The van der Waals surface area contributed by atoms with Gasteiger partial charge in [0.25, 0.3) is 0 Å². The Hall–Kier alpha value is -3.60. The highest BCUT2D eigenvalue weighted by molar-refractivity contribution is 6.02. The van der Waals surface area contributed by atoms with Crippen LogP contribution in [0, 0.1) is 6.92 Å². The third kappa shape index (κ3) is 3.32. The lowest BCUT2D eigenvalue weighted by Gasteiger charge is -2.14. The number of benzene rings is 3. The molecule has 0 atom stereocenters. The first-order valence-corrected chi connectivity index (χ1v) is 9.57. The monoisotopic (exact) mass is 404 g/mol. The van der Waals surface area contributed by atoms with Gasteiger partial charge in [-0.25, -0.2) is 0 Å². The number of furan rings is 1. The highest BCUT2D eigenvalue weighted by atomic mass is 16.5. The van der Waals surface area contributed by atoms with Gasteiger partial charge in [0.1, 0.15) is 17.1 Å². The number of hydrogen-bond donors (Lipinski definition) is 0. The molecule has 1 heterocycles. The van der Waals surface area contributed by atoms with Crippen LogP contribution < -0.4 is 18.9 Å². The Morgan fingerprint density at radius 1 is 0.667 bits per heavy atom. The highest BCUT2D eigenvalue weighted by Crippen LogP contribution is 2.47. The van der Waals surface area contributed by atoms with Gasteiger partial charge >= 0.3 is 0 Å². The molecule has 0 aliphatic carbocycles. The van der Waals surface area contributed by atoms with E-state index in [0.29, 0.717) is 17.2 Å². The van der Waals surface area contributed by atoms with Crippen LogP contribution in [0.2, 0.25) is 0 Å². The topological polar surface area (TPSA) is 50.1 Å². The first kappa shape index (κ1) is 19.7. The summed E-state index contributed by atoms with van der Waals surface area (Å²) in [6, 6.07) is 17.9. The third-order valence-corrected chi connectivity index (χ3v) is 5.15. The van der Waals surface area contributed by atoms with Crippen molar-refractivity contribution in [3.05, 3.63) is 60.2 Å². The summed E-state index contributed by atoms with van der Waals surface area (Å²) in [5.41, 5.74) is 4.81. The molecule has 0 fully saturated rings. The molecule has 4 aromatic rings. The number of ether oxygens (including phenoxy) is 4. The maximum Gasteiger partial charge on any atom is 0.203 e. The van der Waals surface area contributed by atoms with E-state index in [2.05, 4.69) is 13.0 Å². The van der Waals surface area contributed by atoms with Crippen molar-refractivity contribution in [2.75, 3.05) is 28.4 Å². The van der Waals surface area contributed by atoms with Crippen molar-refractivity contribution in [2.24, 2.45) is 0 Å². The molecule has 4 rings (SSSR count). The lowest BCUT2D eigenvalue weighted by molar-refractivity contribution is 0.324. The van der Waals surface area contributed by atoms with E-state index in [1.165, 1.54) is 0 Å². The van der Waals surface area contributed by atoms with Crippen LogP contribution in [0.1, 0.15) is 5.56 Å². The van der Waals surface area contributed by atoms with E-state index in [4.69, 9.17) is 23.4 Å². The molecule has 0 amide bonds. The Kier molecular flexibility index (Phi) is 5.27. The summed E-state index contributed by atoms with van der Waals surface area (Å²) >= 11 is 0. The molecule has 0 aliphatic rings. The first-order valence-electron chi connectivity index (χ1n) is 9.57. The van der Waals surface area contributed by atoms with Crippen LogP contribution in [0.4, 0.5) is 0 Å². The lowest BCUT2D eigenvalue weighted by Crippen LogP contribution is -1.96. The number of aryl methyl sites for hydroxylation is 1. The van der Waals surface area contributed by atoms with E-state index in [1.54, 1.807) is 28.4 Å². The van der Waals surface area contributed by atoms with E-state index in [-0.39, 0.29) is 0 Å². The van der Waals surface area contributed by atoms with E-state index in [1.807, 2.05) is 48.5 Å². The van der Waals surface area contributed by atoms with Crippen LogP contribution in [0.15, 0.2) is 59.0 Å². The molecule has 3 aromatic carbocycles. The fourth-order valence-corrected chi connectivity index (χ4v) is 3.67. The van der Waals surface area contributed by atoms with Crippen LogP contribution in [0.25, 0.3) is 33.4 Å².